The molecule has 0 unspecified atom stereocenters. The van der Waals surface area contributed by atoms with Crippen LogP contribution in [0.5, 0.6) is 5.75 Å². The van der Waals surface area contributed by atoms with Gasteiger partial charge in [-0.3, -0.25) is 0 Å². The average Bonchev–Trinajstić information content (AvgIpc) is 2.93. The fraction of sp³-hybridized carbons (Fsp3) is 0.0323. The molecular formula is C31H24N2O. The quantitative estimate of drug-likeness (QED) is 0.254. The summed E-state index contributed by atoms with van der Waals surface area (Å²) in [6.45, 7) is 0. The Kier molecular flexibility index (Phi) is 6.26. The van der Waals surface area contributed by atoms with Crippen LogP contribution in [0.3, 0.4) is 0 Å². The number of hydrogen-bond acceptors (Lipinski definition) is 3. The summed E-state index contributed by atoms with van der Waals surface area (Å²) in [5.74, 6) is 1.57. The van der Waals surface area contributed by atoms with E-state index in [0.717, 1.165) is 45.0 Å². The Morgan fingerprint density at radius 2 is 1.00 bits per heavy atom. The Hall–Kier alpha value is -4.50. The molecule has 3 heteroatoms. The lowest BCUT2D eigenvalue weighted by atomic mass is 10.1. The van der Waals surface area contributed by atoms with Crippen molar-refractivity contribution in [1.82, 2.24) is 9.97 Å². The van der Waals surface area contributed by atoms with Crippen LogP contribution in [0.4, 0.5) is 0 Å². The first-order valence-electron chi connectivity index (χ1n) is 11.2. The minimum Gasteiger partial charge on any atom is -0.497 e. The van der Waals surface area contributed by atoms with E-state index >= 15 is 0 Å². The van der Waals surface area contributed by atoms with E-state index in [9.17, 15) is 0 Å². The number of aromatic nitrogens is 2. The molecule has 0 bridgehead atoms. The summed E-state index contributed by atoms with van der Waals surface area (Å²) in [4.78, 5) is 9.80. The van der Waals surface area contributed by atoms with Gasteiger partial charge in [0.25, 0.3) is 0 Å². The number of rotatable bonds is 6. The Balaban J connectivity index is 1.47. The van der Waals surface area contributed by atoms with Gasteiger partial charge in [-0.2, -0.15) is 0 Å². The molecule has 0 amide bonds. The van der Waals surface area contributed by atoms with Crippen molar-refractivity contribution in [3.63, 3.8) is 0 Å². The minimum absolute atomic E-state index is 0.714. The van der Waals surface area contributed by atoms with Gasteiger partial charge >= 0.3 is 0 Å². The Morgan fingerprint density at radius 1 is 0.529 bits per heavy atom. The molecule has 5 rings (SSSR count). The van der Waals surface area contributed by atoms with Gasteiger partial charge in [-0.05, 0) is 29.3 Å². The molecule has 34 heavy (non-hydrogen) atoms. The third-order valence-corrected chi connectivity index (χ3v) is 5.62. The number of benzene rings is 4. The standard InChI is InChI=1S/C31H24N2O/c1-34-28-20-16-24(17-21-28)13-12-23-14-18-27(19-15-23)31-32-29(25-8-4-2-5-9-25)22-30(33-31)26-10-6-3-7-11-26/h2-22H,1H3/b13-12+. The van der Waals surface area contributed by atoms with Gasteiger partial charge in [0.2, 0.25) is 0 Å². The zero-order valence-corrected chi connectivity index (χ0v) is 18.9. The third kappa shape index (κ3) is 4.94. The maximum atomic E-state index is 5.22. The summed E-state index contributed by atoms with van der Waals surface area (Å²) in [7, 11) is 1.68. The fourth-order valence-electron chi connectivity index (χ4n) is 3.74. The molecule has 4 aromatic carbocycles. The van der Waals surface area contributed by atoms with Crippen LogP contribution < -0.4 is 4.74 Å². The van der Waals surface area contributed by atoms with Gasteiger partial charge in [-0.15, -0.1) is 0 Å². The van der Waals surface area contributed by atoms with E-state index in [1.807, 2.05) is 60.7 Å². The van der Waals surface area contributed by atoms with Crippen molar-refractivity contribution >= 4 is 12.2 Å². The molecule has 5 aromatic rings. The number of hydrogen-bond donors (Lipinski definition) is 0. The molecule has 1 heterocycles. The van der Waals surface area contributed by atoms with Crippen molar-refractivity contribution in [2.45, 2.75) is 0 Å². The van der Waals surface area contributed by atoms with Crippen LogP contribution in [0.1, 0.15) is 11.1 Å². The van der Waals surface area contributed by atoms with Crippen LogP contribution >= 0.6 is 0 Å². The van der Waals surface area contributed by atoms with Crippen LogP contribution in [0.15, 0.2) is 115 Å². The van der Waals surface area contributed by atoms with Gasteiger partial charge in [0.15, 0.2) is 5.82 Å². The van der Waals surface area contributed by atoms with Gasteiger partial charge in [0, 0.05) is 16.7 Å². The van der Waals surface area contributed by atoms with Gasteiger partial charge in [-0.1, -0.05) is 109 Å². The van der Waals surface area contributed by atoms with Gasteiger partial charge in [0.1, 0.15) is 5.75 Å². The van der Waals surface area contributed by atoms with Crippen LogP contribution in [-0.2, 0) is 0 Å². The van der Waals surface area contributed by atoms with E-state index < -0.39 is 0 Å². The van der Waals surface area contributed by atoms with Crippen molar-refractivity contribution < 1.29 is 4.74 Å². The number of ether oxygens (including phenoxy) is 1. The van der Waals surface area contributed by atoms with E-state index in [4.69, 9.17) is 14.7 Å². The summed E-state index contributed by atoms with van der Waals surface area (Å²) >= 11 is 0. The first-order valence-corrected chi connectivity index (χ1v) is 11.2. The lowest BCUT2D eigenvalue weighted by Crippen LogP contribution is -1.95. The van der Waals surface area contributed by atoms with Crippen molar-refractivity contribution in [3.8, 4) is 39.7 Å². The Bertz CT molecular complexity index is 1330. The second-order valence-electron chi connectivity index (χ2n) is 7.92. The van der Waals surface area contributed by atoms with E-state index in [1.165, 1.54) is 0 Å². The zero-order chi connectivity index (χ0) is 23.2. The first kappa shape index (κ1) is 21.4. The van der Waals surface area contributed by atoms with Crippen molar-refractivity contribution in [1.29, 1.82) is 0 Å². The molecule has 0 fully saturated rings. The molecule has 164 valence electrons. The Labute approximate surface area is 200 Å². The van der Waals surface area contributed by atoms with Gasteiger partial charge < -0.3 is 4.74 Å². The van der Waals surface area contributed by atoms with Crippen LogP contribution in [0.2, 0.25) is 0 Å². The Morgan fingerprint density at radius 3 is 1.47 bits per heavy atom. The molecule has 0 N–H and O–H groups in total. The topological polar surface area (TPSA) is 35.0 Å². The summed E-state index contributed by atoms with van der Waals surface area (Å²) in [6, 6.07) is 38.9. The highest BCUT2D eigenvalue weighted by Crippen LogP contribution is 2.27. The maximum absolute atomic E-state index is 5.22. The van der Waals surface area contributed by atoms with Gasteiger partial charge in [-0.25, -0.2) is 9.97 Å². The third-order valence-electron chi connectivity index (χ3n) is 5.62. The predicted molar refractivity (Wildman–Crippen MR) is 140 cm³/mol. The fourth-order valence-corrected chi connectivity index (χ4v) is 3.74. The normalized spacial score (nSPS) is 11.0. The monoisotopic (exact) mass is 440 g/mol. The molecule has 3 nitrogen and oxygen atoms in total. The highest BCUT2D eigenvalue weighted by atomic mass is 16.5. The van der Waals surface area contributed by atoms with Crippen molar-refractivity contribution in [3.05, 3.63) is 126 Å². The largest absolute Gasteiger partial charge is 0.497 e. The highest BCUT2D eigenvalue weighted by Gasteiger charge is 2.10. The first-order chi connectivity index (χ1) is 16.8. The molecule has 0 aliphatic rings. The smallest absolute Gasteiger partial charge is 0.160 e. The summed E-state index contributed by atoms with van der Waals surface area (Å²) in [5, 5.41) is 0. The van der Waals surface area contributed by atoms with E-state index in [-0.39, 0.29) is 0 Å². The molecule has 0 aliphatic heterocycles. The minimum atomic E-state index is 0.714. The molecule has 0 saturated heterocycles. The number of nitrogens with zero attached hydrogens (tertiary/aromatic N) is 2. The van der Waals surface area contributed by atoms with Crippen molar-refractivity contribution in [2.24, 2.45) is 0 Å². The van der Waals surface area contributed by atoms with Crippen LogP contribution in [0, 0.1) is 0 Å². The molecule has 1 aromatic heterocycles. The van der Waals surface area contributed by atoms with Gasteiger partial charge in [0.05, 0.1) is 18.5 Å². The highest BCUT2D eigenvalue weighted by molar-refractivity contribution is 5.74. The van der Waals surface area contributed by atoms with E-state index in [2.05, 4.69) is 66.7 Å². The molecule has 0 spiro atoms. The summed E-state index contributed by atoms with van der Waals surface area (Å²) < 4.78 is 5.22. The zero-order valence-electron chi connectivity index (χ0n) is 18.9. The van der Waals surface area contributed by atoms with E-state index in [1.54, 1.807) is 7.11 Å². The maximum Gasteiger partial charge on any atom is 0.160 e. The average molecular weight is 441 g/mol. The SMILES string of the molecule is COc1ccc(/C=C/c2ccc(-c3nc(-c4ccccc4)cc(-c4ccccc4)n3)cc2)cc1. The van der Waals surface area contributed by atoms with Crippen LogP contribution in [0.25, 0.3) is 46.1 Å². The molecule has 0 saturated carbocycles. The molecule has 0 atom stereocenters. The second-order valence-corrected chi connectivity index (χ2v) is 7.92. The second kappa shape index (κ2) is 9.97. The number of methoxy groups -OCH3 is 1. The van der Waals surface area contributed by atoms with Crippen molar-refractivity contribution in [2.75, 3.05) is 7.11 Å². The lowest BCUT2D eigenvalue weighted by molar-refractivity contribution is 0.415. The molecular weight excluding hydrogens is 416 g/mol. The summed E-state index contributed by atoms with van der Waals surface area (Å²) in [5.41, 5.74) is 7.18. The lowest BCUT2D eigenvalue weighted by Gasteiger charge is -2.09. The summed E-state index contributed by atoms with van der Waals surface area (Å²) in [6.07, 6.45) is 4.19. The predicted octanol–water partition coefficient (Wildman–Crippen LogP) is 7.66. The molecule has 0 radical (unpaired) electrons. The van der Waals surface area contributed by atoms with Crippen LogP contribution in [-0.4, -0.2) is 17.1 Å². The van der Waals surface area contributed by atoms with E-state index in [0.29, 0.717) is 5.82 Å². The molecule has 0 aliphatic carbocycles.